The van der Waals surface area contributed by atoms with Gasteiger partial charge in [0.1, 0.15) is 17.6 Å². The zero-order valence-electron chi connectivity index (χ0n) is 15.0. The molecule has 0 aliphatic carbocycles. The van der Waals surface area contributed by atoms with Crippen LogP contribution in [0.4, 0.5) is 0 Å². The van der Waals surface area contributed by atoms with E-state index in [0.717, 1.165) is 25.0 Å². The topological polar surface area (TPSA) is 26.3 Å². The first-order chi connectivity index (χ1) is 11.2. The van der Waals surface area contributed by atoms with Crippen molar-refractivity contribution >= 4 is 5.78 Å². The van der Waals surface area contributed by atoms with Crippen LogP contribution in [-0.2, 0) is 11.2 Å². The Kier molecular flexibility index (Phi) is 10.1. The van der Waals surface area contributed by atoms with Crippen LogP contribution in [0.3, 0.4) is 0 Å². The van der Waals surface area contributed by atoms with Crippen molar-refractivity contribution in [3.63, 3.8) is 0 Å². The molecular formula is C21H32O2. The third-order valence-corrected chi connectivity index (χ3v) is 4.01. The summed E-state index contributed by atoms with van der Waals surface area (Å²) >= 11 is 0. The monoisotopic (exact) mass is 316 g/mol. The van der Waals surface area contributed by atoms with Crippen LogP contribution in [0.2, 0.25) is 0 Å². The van der Waals surface area contributed by atoms with Gasteiger partial charge in [0.05, 0.1) is 0 Å². The molecule has 0 bridgehead atoms. The van der Waals surface area contributed by atoms with Gasteiger partial charge in [-0.05, 0) is 50.8 Å². The SMILES string of the molecule is C/C=C/C[C@H](CCCCCC)Oc1ccc(CCC(C)=O)cc1. The number of unbranched alkanes of at least 4 members (excludes halogenated alkanes) is 3. The van der Waals surface area contributed by atoms with Gasteiger partial charge in [0.25, 0.3) is 0 Å². The van der Waals surface area contributed by atoms with Crippen molar-refractivity contribution < 1.29 is 9.53 Å². The summed E-state index contributed by atoms with van der Waals surface area (Å²) < 4.78 is 6.16. The van der Waals surface area contributed by atoms with Crippen molar-refractivity contribution in [2.75, 3.05) is 0 Å². The standard InChI is InChI=1S/C21H32O2/c1-4-6-8-9-11-20(10-7-5-2)23-21-16-14-19(15-17-21)13-12-18(3)22/h5,7,14-17,20H,4,6,8-13H2,1-3H3/b7-5+/t20-/m1/s1. The fourth-order valence-electron chi connectivity index (χ4n) is 2.56. The summed E-state index contributed by atoms with van der Waals surface area (Å²) in [6, 6.07) is 8.21. The van der Waals surface area contributed by atoms with E-state index in [0.29, 0.717) is 6.42 Å². The summed E-state index contributed by atoms with van der Waals surface area (Å²) in [5.74, 6) is 1.17. The maximum Gasteiger partial charge on any atom is 0.130 e. The largest absolute Gasteiger partial charge is 0.490 e. The first kappa shape index (κ1) is 19.5. The number of aryl methyl sites for hydroxylation is 1. The minimum atomic E-state index is 0.240. The van der Waals surface area contributed by atoms with Crippen LogP contribution in [0.25, 0.3) is 0 Å². The molecule has 1 aromatic carbocycles. The lowest BCUT2D eigenvalue weighted by atomic mass is 10.1. The molecule has 0 fully saturated rings. The Hall–Kier alpha value is -1.57. The molecule has 0 spiro atoms. The molecule has 0 amide bonds. The normalized spacial score (nSPS) is 12.5. The quantitative estimate of drug-likeness (QED) is 0.355. The second-order valence-electron chi connectivity index (χ2n) is 6.24. The number of hydrogen-bond acceptors (Lipinski definition) is 2. The van der Waals surface area contributed by atoms with Crippen molar-refractivity contribution in [3.05, 3.63) is 42.0 Å². The minimum absolute atomic E-state index is 0.240. The molecule has 2 nitrogen and oxygen atoms in total. The van der Waals surface area contributed by atoms with Gasteiger partial charge in [-0.2, -0.15) is 0 Å². The Morgan fingerprint density at radius 3 is 2.52 bits per heavy atom. The lowest BCUT2D eigenvalue weighted by molar-refractivity contribution is -0.116. The van der Waals surface area contributed by atoms with Crippen molar-refractivity contribution in [2.24, 2.45) is 0 Å². The fraction of sp³-hybridized carbons (Fsp3) is 0.571. The number of hydrogen-bond donors (Lipinski definition) is 0. The molecule has 0 aromatic heterocycles. The molecule has 0 aliphatic heterocycles. The number of carbonyl (C=O) groups excluding carboxylic acids is 1. The lowest BCUT2D eigenvalue weighted by Gasteiger charge is -2.18. The molecule has 0 radical (unpaired) electrons. The second-order valence-corrected chi connectivity index (χ2v) is 6.24. The number of rotatable bonds is 12. The average Bonchev–Trinajstić information content (AvgIpc) is 2.55. The van der Waals surface area contributed by atoms with Crippen LogP contribution in [0.5, 0.6) is 5.75 Å². The zero-order chi connectivity index (χ0) is 16.9. The second kappa shape index (κ2) is 11.9. The molecule has 0 saturated heterocycles. The summed E-state index contributed by atoms with van der Waals surface area (Å²) in [5, 5.41) is 0. The molecule has 2 heteroatoms. The molecule has 0 unspecified atom stereocenters. The van der Waals surface area contributed by atoms with E-state index in [1.54, 1.807) is 6.92 Å². The molecule has 23 heavy (non-hydrogen) atoms. The number of benzene rings is 1. The Labute approximate surface area is 141 Å². The van der Waals surface area contributed by atoms with Crippen molar-refractivity contribution in [1.82, 2.24) is 0 Å². The van der Waals surface area contributed by atoms with E-state index < -0.39 is 0 Å². The number of ether oxygens (including phenoxy) is 1. The van der Waals surface area contributed by atoms with Crippen LogP contribution < -0.4 is 4.74 Å². The Morgan fingerprint density at radius 2 is 1.91 bits per heavy atom. The highest BCUT2D eigenvalue weighted by molar-refractivity contribution is 5.75. The van der Waals surface area contributed by atoms with Gasteiger partial charge in [-0.15, -0.1) is 0 Å². The average molecular weight is 316 g/mol. The van der Waals surface area contributed by atoms with E-state index in [1.807, 2.05) is 12.1 Å². The zero-order valence-corrected chi connectivity index (χ0v) is 15.0. The van der Waals surface area contributed by atoms with E-state index in [9.17, 15) is 4.79 Å². The highest BCUT2D eigenvalue weighted by Gasteiger charge is 2.09. The van der Waals surface area contributed by atoms with Crippen LogP contribution in [-0.4, -0.2) is 11.9 Å². The first-order valence-electron chi connectivity index (χ1n) is 9.01. The minimum Gasteiger partial charge on any atom is -0.490 e. The van der Waals surface area contributed by atoms with E-state index in [2.05, 4.69) is 38.1 Å². The third-order valence-electron chi connectivity index (χ3n) is 4.01. The van der Waals surface area contributed by atoms with Crippen molar-refractivity contribution in [1.29, 1.82) is 0 Å². The highest BCUT2D eigenvalue weighted by Crippen LogP contribution is 2.19. The first-order valence-corrected chi connectivity index (χ1v) is 9.01. The van der Waals surface area contributed by atoms with Gasteiger partial charge < -0.3 is 9.53 Å². The summed E-state index contributed by atoms with van der Waals surface area (Å²) in [5.41, 5.74) is 1.19. The lowest BCUT2D eigenvalue weighted by Crippen LogP contribution is -2.15. The summed E-state index contributed by atoms with van der Waals surface area (Å²) in [4.78, 5) is 11.0. The molecule has 0 heterocycles. The predicted octanol–water partition coefficient (Wildman–Crippen LogP) is 5.89. The maximum absolute atomic E-state index is 11.0. The number of ketones is 1. The van der Waals surface area contributed by atoms with Crippen molar-refractivity contribution in [3.8, 4) is 5.75 Å². The fourth-order valence-corrected chi connectivity index (χ4v) is 2.56. The molecular weight excluding hydrogens is 284 g/mol. The Morgan fingerprint density at radius 1 is 1.17 bits per heavy atom. The number of carbonyl (C=O) groups is 1. The number of allylic oxidation sites excluding steroid dienone is 1. The summed E-state index contributed by atoms with van der Waals surface area (Å²) in [6.07, 6.45) is 13.1. The molecule has 0 aliphatic rings. The van der Waals surface area contributed by atoms with E-state index in [1.165, 1.54) is 31.2 Å². The van der Waals surface area contributed by atoms with E-state index >= 15 is 0 Å². The number of Topliss-reactive ketones (excluding diaryl/α,β-unsaturated/α-hetero) is 1. The van der Waals surface area contributed by atoms with Gasteiger partial charge in [0.15, 0.2) is 0 Å². The van der Waals surface area contributed by atoms with E-state index in [-0.39, 0.29) is 11.9 Å². The van der Waals surface area contributed by atoms with Gasteiger partial charge in [0, 0.05) is 12.8 Å². The summed E-state index contributed by atoms with van der Waals surface area (Å²) in [7, 11) is 0. The molecule has 128 valence electrons. The van der Waals surface area contributed by atoms with Gasteiger partial charge in [0.2, 0.25) is 0 Å². The van der Waals surface area contributed by atoms with Gasteiger partial charge >= 0.3 is 0 Å². The van der Waals surface area contributed by atoms with Gasteiger partial charge in [-0.25, -0.2) is 0 Å². The molecule has 1 aromatic rings. The molecule has 1 atom stereocenters. The molecule has 0 saturated carbocycles. The van der Waals surface area contributed by atoms with Crippen LogP contribution in [0, 0.1) is 0 Å². The van der Waals surface area contributed by atoms with Crippen LogP contribution in [0.1, 0.15) is 71.3 Å². The molecule has 1 rings (SSSR count). The smallest absolute Gasteiger partial charge is 0.130 e. The van der Waals surface area contributed by atoms with E-state index in [4.69, 9.17) is 4.74 Å². The highest BCUT2D eigenvalue weighted by atomic mass is 16.5. The van der Waals surface area contributed by atoms with Crippen LogP contribution in [0.15, 0.2) is 36.4 Å². The Bertz CT molecular complexity index is 459. The third kappa shape index (κ3) is 9.22. The summed E-state index contributed by atoms with van der Waals surface area (Å²) in [6.45, 7) is 5.93. The van der Waals surface area contributed by atoms with Crippen LogP contribution >= 0.6 is 0 Å². The van der Waals surface area contributed by atoms with Gasteiger partial charge in [-0.3, -0.25) is 0 Å². The predicted molar refractivity (Wildman–Crippen MR) is 98.1 cm³/mol. The van der Waals surface area contributed by atoms with Gasteiger partial charge in [-0.1, -0.05) is 50.5 Å². The Balaban J connectivity index is 2.51. The molecule has 0 N–H and O–H groups in total. The van der Waals surface area contributed by atoms with Crippen molar-refractivity contribution in [2.45, 2.75) is 78.2 Å². The maximum atomic E-state index is 11.0.